The number of Topliss-reactive ketones (excluding diaryl/α,β-unsaturated/α-hetero) is 1. The Labute approximate surface area is 131 Å². The van der Waals surface area contributed by atoms with Gasteiger partial charge in [0.15, 0.2) is 5.78 Å². The summed E-state index contributed by atoms with van der Waals surface area (Å²) in [5.74, 6) is 1.95. The number of halogens is 2. The Bertz CT molecular complexity index is 458. The van der Waals surface area contributed by atoms with E-state index in [1.165, 1.54) is 6.42 Å². The molecule has 1 aliphatic carbocycles. The summed E-state index contributed by atoms with van der Waals surface area (Å²) in [7, 11) is 0. The minimum atomic E-state index is 0.214. The van der Waals surface area contributed by atoms with Gasteiger partial charge in [0.2, 0.25) is 0 Å². The summed E-state index contributed by atoms with van der Waals surface area (Å²) in [6.07, 6.45) is 3.26. The van der Waals surface area contributed by atoms with Gasteiger partial charge in [-0.05, 0) is 71.9 Å². The summed E-state index contributed by atoms with van der Waals surface area (Å²) in [5, 5.41) is 0. The van der Waals surface area contributed by atoms with Crippen LogP contribution in [0.15, 0.2) is 22.7 Å². The van der Waals surface area contributed by atoms with E-state index >= 15 is 0 Å². The molecule has 0 N–H and O–H groups in total. The van der Waals surface area contributed by atoms with Gasteiger partial charge in [-0.15, -0.1) is 0 Å². The quantitative estimate of drug-likeness (QED) is 0.468. The van der Waals surface area contributed by atoms with E-state index in [1.807, 2.05) is 18.2 Å². The number of benzene rings is 1. The molecule has 1 fully saturated rings. The van der Waals surface area contributed by atoms with Crippen LogP contribution in [0.4, 0.5) is 0 Å². The van der Waals surface area contributed by atoms with E-state index in [9.17, 15) is 4.79 Å². The second-order valence-corrected chi connectivity index (χ2v) is 7.55. The van der Waals surface area contributed by atoms with Crippen molar-refractivity contribution in [2.45, 2.75) is 33.1 Å². The first-order valence-corrected chi connectivity index (χ1v) is 8.35. The molecule has 0 saturated heterocycles. The molecule has 3 heteroatoms. The summed E-state index contributed by atoms with van der Waals surface area (Å²) in [5.41, 5.74) is 0.855. The zero-order valence-corrected chi connectivity index (χ0v) is 14.5. The minimum Gasteiger partial charge on any atom is -0.294 e. The third-order valence-electron chi connectivity index (χ3n) is 4.16. The Morgan fingerprint density at radius 2 is 2.00 bits per heavy atom. The summed E-state index contributed by atoms with van der Waals surface area (Å²) < 4.78 is 2.05. The lowest BCUT2D eigenvalue weighted by Crippen LogP contribution is -2.26. The van der Waals surface area contributed by atoms with Crippen molar-refractivity contribution in [2.75, 3.05) is 0 Å². The average Bonchev–Trinajstić information content (AvgIpc) is 2.35. The number of carbonyl (C=O) groups excluding carboxylic acids is 1. The maximum Gasteiger partial charge on any atom is 0.167 e. The molecule has 0 spiro atoms. The predicted molar refractivity (Wildman–Crippen MR) is 86.9 cm³/mol. The molecule has 0 bridgehead atoms. The molecule has 18 heavy (non-hydrogen) atoms. The van der Waals surface area contributed by atoms with E-state index in [-0.39, 0.29) is 5.92 Å². The molecule has 2 rings (SSSR count). The van der Waals surface area contributed by atoms with Crippen LogP contribution in [0, 0.1) is 21.3 Å². The van der Waals surface area contributed by atoms with Crippen molar-refractivity contribution in [2.24, 2.45) is 17.8 Å². The standard InChI is InChI=1S/C15H18BrIO/c1-9-3-4-11(7-10(9)2)15(18)13-8-12(17)5-6-14(13)16/h5-6,8-11H,3-4,7H2,1-2H3. The summed E-state index contributed by atoms with van der Waals surface area (Å²) in [4.78, 5) is 12.6. The lowest BCUT2D eigenvalue weighted by molar-refractivity contribution is 0.0836. The number of carbonyl (C=O) groups is 1. The van der Waals surface area contributed by atoms with Crippen molar-refractivity contribution in [3.63, 3.8) is 0 Å². The van der Waals surface area contributed by atoms with E-state index in [0.717, 1.165) is 32.4 Å². The van der Waals surface area contributed by atoms with Gasteiger partial charge in [0, 0.05) is 19.5 Å². The molecule has 0 heterocycles. The Morgan fingerprint density at radius 1 is 1.28 bits per heavy atom. The monoisotopic (exact) mass is 420 g/mol. The fraction of sp³-hybridized carbons (Fsp3) is 0.533. The van der Waals surface area contributed by atoms with Gasteiger partial charge in [0.05, 0.1) is 0 Å². The smallest absolute Gasteiger partial charge is 0.167 e. The van der Waals surface area contributed by atoms with E-state index in [4.69, 9.17) is 0 Å². The number of hydrogen-bond donors (Lipinski definition) is 0. The van der Waals surface area contributed by atoms with Crippen molar-refractivity contribution in [3.05, 3.63) is 31.8 Å². The van der Waals surface area contributed by atoms with Gasteiger partial charge >= 0.3 is 0 Å². The molecule has 0 aliphatic heterocycles. The summed E-state index contributed by atoms with van der Waals surface area (Å²) in [6.45, 7) is 4.57. The molecule has 0 radical (unpaired) electrons. The highest BCUT2D eigenvalue weighted by atomic mass is 127. The summed E-state index contributed by atoms with van der Waals surface area (Å²) >= 11 is 5.76. The molecule has 1 aliphatic rings. The Kier molecular flexibility index (Phi) is 4.86. The third-order valence-corrected chi connectivity index (χ3v) is 5.53. The molecule has 3 atom stereocenters. The molecule has 1 aromatic carbocycles. The first-order valence-electron chi connectivity index (χ1n) is 6.48. The highest BCUT2D eigenvalue weighted by molar-refractivity contribution is 14.1. The maximum absolute atomic E-state index is 12.6. The molecule has 1 aromatic rings. The predicted octanol–water partition coefficient (Wildman–Crippen LogP) is 5.31. The van der Waals surface area contributed by atoms with Gasteiger partial charge in [0.25, 0.3) is 0 Å². The van der Waals surface area contributed by atoms with Crippen molar-refractivity contribution in [1.82, 2.24) is 0 Å². The van der Waals surface area contributed by atoms with Crippen LogP contribution in [0.1, 0.15) is 43.5 Å². The van der Waals surface area contributed by atoms with Crippen molar-refractivity contribution in [3.8, 4) is 0 Å². The summed E-state index contributed by atoms with van der Waals surface area (Å²) in [6, 6.07) is 5.99. The first-order chi connectivity index (χ1) is 8.49. The minimum absolute atomic E-state index is 0.214. The van der Waals surface area contributed by atoms with Crippen LogP contribution in [0.25, 0.3) is 0 Å². The Balaban J connectivity index is 2.19. The van der Waals surface area contributed by atoms with Crippen LogP contribution in [-0.4, -0.2) is 5.78 Å². The first kappa shape index (κ1) is 14.5. The van der Waals surface area contributed by atoms with Crippen molar-refractivity contribution >= 4 is 44.3 Å². The zero-order chi connectivity index (χ0) is 13.3. The topological polar surface area (TPSA) is 17.1 Å². The fourth-order valence-electron chi connectivity index (χ4n) is 2.69. The number of ketones is 1. The van der Waals surface area contributed by atoms with Crippen LogP contribution < -0.4 is 0 Å². The van der Waals surface area contributed by atoms with E-state index in [1.54, 1.807) is 0 Å². The van der Waals surface area contributed by atoms with Crippen LogP contribution in [0.3, 0.4) is 0 Å². The van der Waals surface area contributed by atoms with Crippen molar-refractivity contribution in [1.29, 1.82) is 0 Å². The average molecular weight is 421 g/mol. The van der Waals surface area contributed by atoms with Crippen LogP contribution in [0.5, 0.6) is 0 Å². The zero-order valence-electron chi connectivity index (χ0n) is 10.7. The largest absolute Gasteiger partial charge is 0.294 e. The maximum atomic E-state index is 12.6. The number of rotatable bonds is 2. The molecular weight excluding hydrogens is 403 g/mol. The highest BCUT2D eigenvalue weighted by Gasteiger charge is 2.30. The fourth-order valence-corrected chi connectivity index (χ4v) is 3.63. The van der Waals surface area contributed by atoms with E-state index in [0.29, 0.717) is 11.7 Å². The van der Waals surface area contributed by atoms with Gasteiger partial charge in [-0.3, -0.25) is 4.79 Å². The van der Waals surface area contributed by atoms with Crippen LogP contribution in [0.2, 0.25) is 0 Å². The van der Waals surface area contributed by atoms with Crippen LogP contribution in [-0.2, 0) is 0 Å². The number of hydrogen-bond acceptors (Lipinski definition) is 1. The second kappa shape index (κ2) is 6.04. The molecule has 3 unspecified atom stereocenters. The molecule has 1 nitrogen and oxygen atoms in total. The van der Waals surface area contributed by atoms with Gasteiger partial charge < -0.3 is 0 Å². The molecular formula is C15H18BrIO. The normalized spacial score (nSPS) is 28.1. The van der Waals surface area contributed by atoms with Gasteiger partial charge in [0.1, 0.15) is 0 Å². The van der Waals surface area contributed by atoms with Gasteiger partial charge in [-0.25, -0.2) is 0 Å². The molecule has 0 amide bonds. The van der Waals surface area contributed by atoms with Crippen LogP contribution >= 0.6 is 38.5 Å². The highest BCUT2D eigenvalue weighted by Crippen LogP contribution is 2.36. The molecule has 98 valence electrons. The Morgan fingerprint density at radius 3 is 2.67 bits per heavy atom. The van der Waals surface area contributed by atoms with E-state index < -0.39 is 0 Å². The SMILES string of the molecule is CC1CCC(C(=O)c2cc(I)ccc2Br)CC1C. The van der Waals surface area contributed by atoms with Gasteiger partial charge in [-0.1, -0.05) is 29.8 Å². The molecule has 1 saturated carbocycles. The van der Waals surface area contributed by atoms with E-state index in [2.05, 4.69) is 52.4 Å². The lowest BCUT2D eigenvalue weighted by Gasteiger charge is -2.31. The molecule has 0 aromatic heterocycles. The lowest BCUT2D eigenvalue weighted by atomic mass is 9.73. The third kappa shape index (κ3) is 3.16. The Hall–Kier alpha value is 0.1000. The van der Waals surface area contributed by atoms with Gasteiger partial charge in [-0.2, -0.15) is 0 Å². The van der Waals surface area contributed by atoms with Crippen molar-refractivity contribution < 1.29 is 4.79 Å². The second-order valence-electron chi connectivity index (χ2n) is 5.45.